The Morgan fingerprint density at radius 2 is 2.03 bits per heavy atom. The summed E-state index contributed by atoms with van der Waals surface area (Å²) in [5.74, 6) is -3.80. The van der Waals surface area contributed by atoms with Gasteiger partial charge in [-0.25, -0.2) is 9.67 Å². The van der Waals surface area contributed by atoms with Gasteiger partial charge in [-0.2, -0.15) is 18.6 Å². The molecule has 0 unspecified atom stereocenters. The third-order valence-electron chi connectivity index (χ3n) is 5.26. The summed E-state index contributed by atoms with van der Waals surface area (Å²) in [5.41, 5.74) is -0.133. The molecule has 0 saturated heterocycles. The van der Waals surface area contributed by atoms with Gasteiger partial charge >= 0.3 is 0 Å². The van der Waals surface area contributed by atoms with Gasteiger partial charge < -0.3 is 10.5 Å². The Bertz CT molecular complexity index is 1100. The lowest BCUT2D eigenvalue weighted by atomic mass is 9.91. The maximum Gasteiger partial charge on any atom is 0.290 e. The van der Waals surface area contributed by atoms with Gasteiger partial charge in [0, 0.05) is 12.0 Å². The Balaban J connectivity index is 1.78. The Labute approximate surface area is 172 Å². The van der Waals surface area contributed by atoms with Crippen LogP contribution in [0.4, 0.5) is 8.78 Å². The molecule has 0 bridgehead atoms. The number of carbonyl (C=O) groups is 1. The molecular weight excluding hydrogens is 392 g/mol. The largest absolute Gasteiger partial charge is 0.619 e. The normalized spacial score (nSPS) is 15.5. The van der Waals surface area contributed by atoms with E-state index in [0.717, 1.165) is 22.6 Å². The predicted molar refractivity (Wildman–Crippen MR) is 104 cm³/mol. The van der Waals surface area contributed by atoms with Crippen LogP contribution in [0.2, 0.25) is 0 Å². The average Bonchev–Trinajstić information content (AvgIpc) is 3.10. The molecule has 0 radical (unpaired) electrons. The van der Waals surface area contributed by atoms with E-state index in [1.165, 1.54) is 6.20 Å². The number of carbonyl (C=O) groups excluding carboxylic acids is 1. The van der Waals surface area contributed by atoms with Crippen LogP contribution >= 0.6 is 0 Å². The van der Waals surface area contributed by atoms with Crippen molar-refractivity contribution >= 4 is 5.91 Å². The smallest absolute Gasteiger partial charge is 0.290 e. The van der Waals surface area contributed by atoms with Gasteiger partial charge in [-0.15, -0.1) is 0 Å². The van der Waals surface area contributed by atoms with Crippen molar-refractivity contribution in [2.45, 2.75) is 44.6 Å². The molecule has 9 heteroatoms. The van der Waals surface area contributed by atoms with Crippen molar-refractivity contribution in [3.8, 4) is 5.82 Å². The number of alkyl halides is 2. The minimum Gasteiger partial charge on any atom is -0.619 e. The molecule has 0 fully saturated rings. The van der Waals surface area contributed by atoms with Crippen LogP contribution in [0.15, 0.2) is 48.9 Å². The maximum absolute atomic E-state index is 14.8. The number of aromatic nitrogens is 4. The van der Waals surface area contributed by atoms with Crippen molar-refractivity contribution in [2.75, 3.05) is 0 Å². The second-order valence-corrected chi connectivity index (χ2v) is 7.87. The molecule has 3 aromatic rings. The molecule has 1 amide bonds. The zero-order chi connectivity index (χ0) is 21.5. The fourth-order valence-electron chi connectivity index (χ4n) is 3.76. The monoisotopic (exact) mass is 413 g/mol. The minimum atomic E-state index is -3.18. The molecular formula is C21H21F2N5O2. The molecule has 0 aliphatic heterocycles. The Morgan fingerprint density at radius 3 is 2.73 bits per heavy atom. The number of nitrogens with one attached hydrogen (secondary N) is 1. The first-order chi connectivity index (χ1) is 14.2. The Kier molecular flexibility index (Phi) is 4.76. The SMILES string of the molecule is CC(C)(NC(=O)c1nn(-c2c[n+]([O-])ccn2)c2c1CCCC2(F)F)c1ccccc1. The highest BCUT2D eigenvalue weighted by atomic mass is 19.3. The van der Waals surface area contributed by atoms with Gasteiger partial charge in [0.1, 0.15) is 5.69 Å². The standard InChI is InChI=1S/C21H21F2N5O2/c1-20(2,14-7-4-3-5-8-14)25-19(29)17-15-9-6-10-21(22,23)18(15)28(26-17)16-13-27(30)12-11-24-16/h3-5,7-8,11-13H,6,9-10H2,1-2H3,(H,25,29). The molecule has 1 N–H and O–H groups in total. The fourth-order valence-corrected chi connectivity index (χ4v) is 3.76. The van der Waals surface area contributed by atoms with E-state index in [4.69, 9.17) is 0 Å². The summed E-state index contributed by atoms with van der Waals surface area (Å²) < 4.78 is 31.0. The van der Waals surface area contributed by atoms with E-state index in [0.29, 0.717) is 11.2 Å². The molecule has 2 heterocycles. The van der Waals surface area contributed by atoms with Gasteiger partial charge in [0.05, 0.1) is 11.7 Å². The second-order valence-electron chi connectivity index (χ2n) is 7.87. The van der Waals surface area contributed by atoms with E-state index < -0.39 is 17.4 Å². The van der Waals surface area contributed by atoms with Crippen molar-refractivity contribution in [1.82, 2.24) is 20.1 Å². The summed E-state index contributed by atoms with van der Waals surface area (Å²) in [6.45, 7) is 3.66. The van der Waals surface area contributed by atoms with Gasteiger partial charge in [-0.1, -0.05) is 30.3 Å². The predicted octanol–water partition coefficient (Wildman–Crippen LogP) is 2.99. The molecule has 2 aromatic heterocycles. The highest BCUT2D eigenvalue weighted by molar-refractivity contribution is 5.94. The molecule has 7 nitrogen and oxygen atoms in total. The minimum absolute atomic E-state index is 0.0632. The van der Waals surface area contributed by atoms with E-state index in [2.05, 4.69) is 15.4 Å². The molecule has 4 rings (SSSR count). The zero-order valence-electron chi connectivity index (χ0n) is 16.6. The van der Waals surface area contributed by atoms with E-state index in [-0.39, 0.29) is 35.6 Å². The van der Waals surface area contributed by atoms with Gasteiger partial charge in [-0.3, -0.25) is 4.79 Å². The summed E-state index contributed by atoms with van der Waals surface area (Å²) >= 11 is 0. The third-order valence-corrected chi connectivity index (χ3v) is 5.26. The van der Waals surface area contributed by atoms with Crippen LogP contribution in [0.3, 0.4) is 0 Å². The molecule has 1 aliphatic rings. The van der Waals surface area contributed by atoms with Crippen molar-refractivity contribution < 1.29 is 18.3 Å². The zero-order valence-corrected chi connectivity index (χ0v) is 16.6. The molecule has 0 saturated carbocycles. The van der Waals surface area contributed by atoms with Crippen molar-refractivity contribution in [1.29, 1.82) is 0 Å². The van der Waals surface area contributed by atoms with Crippen LogP contribution in [0.5, 0.6) is 0 Å². The van der Waals surface area contributed by atoms with Crippen LogP contribution in [-0.2, 0) is 17.9 Å². The topological polar surface area (TPSA) is 86.8 Å². The Hall–Kier alpha value is -3.36. The molecule has 1 aromatic carbocycles. The summed E-state index contributed by atoms with van der Waals surface area (Å²) in [4.78, 5) is 17.1. The first-order valence-electron chi connectivity index (χ1n) is 9.62. The summed E-state index contributed by atoms with van der Waals surface area (Å²) in [6.07, 6.45) is 3.57. The van der Waals surface area contributed by atoms with Crippen molar-refractivity contribution in [2.24, 2.45) is 0 Å². The third kappa shape index (κ3) is 3.51. The molecule has 0 spiro atoms. The lowest BCUT2D eigenvalue weighted by molar-refractivity contribution is -0.605. The molecule has 156 valence electrons. The molecule has 30 heavy (non-hydrogen) atoms. The molecule has 0 atom stereocenters. The number of hydrogen-bond donors (Lipinski definition) is 1. The summed E-state index contributed by atoms with van der Waals surface area (Å²) in [7, 11) is 0. The first kappa shape index (κ1) is 19.9. The molecule has 1 aliphatic carbocycles. The lowest BCUT2D eigenvalue weighted by Crippen LogP contribution is -2.41. The van der Waals surface area contributed by atoms with Crippen LogP contribution in [0.25, 0.3) is 5.82 Å². The number of fused-ring (bicyclic) bond motifs is 1. The maximum atomic E-state index is 14.8. The number of halogens is 2. The van der Waals surface area contributed by atoms with Crippen molar-refractivity contribution in [3.05, 3.63) is 76.6 Å². The van der Waals surface area contributed by atoms with E-state index >= 15 is 0 Å². The summed E-state index contributed by atoms with van der Waals surface area (Å²) in [5, 5.41) is 18.7. The number of benzene rings is 1. The highest BCUT2D eigenvalue weighted by Crippen LogP contribution is 2.42. The van der Waals surface area contributed by atoms with Crippen LogP contribution < -0.4 is 10.0 Å². The van der Waals surface area contributed by atoms with Gasteiger partial charge in [-0.05, 0) is 32.3 Å². The highest BCUT2D eigenvalue weighted by Gasteiger charge is 2.44. The lowest BCUT2D eigenvalue weighted by Gasteiger charge is -2.27. The fraction of sp³-hybridized carbons (Fsp3) is 0.333. The quantitative estimate of drug-likeness (QED) is 0.526. The summed E-state index contributed by atoms with van der Waals surface area (Å²) in [6, 6.07) is 9.35. The second kappa shape index (κ2) is 7.16. The number of rotatable bonds is 4. The van der Waals surface area contributed by atoms with E-state index in [1.54, 1.807) is 0 Å². The van der Waals surface area contributed by atoms with Crippen molar-refractivity contribution in [3.63, 3.8) is 0 Å². The first-order valence-corrected chi connectivity index (χ1v) is 9.62. The number of hydrogen-bond acceptors (Lipinski definition) is 4. The van der Waals surface area contributed by atoms with Gasteiger partial charge in [0.2, 0.25) is 12.0 Å². The van der Waals surface area contributed by atoms with Gasteiger partial charge in [0.25, 0.3) is 11.8 Å². The van der Waals surface area contributed by atoms with Crippen LogP contribution in [0, 0.1) is 5.21 Å². The number of nitrogens with zero attached hydrogens (tertiary/aromatic N) is 4. The Morgan fingerprint density at radius 1 is 1.30 bits per heavy atom. The van der Waals surface area contributed by atoms with Crippen LogP contribution in [0.1, 0.15) is 54.0 Å². The average molecular weight is 413 g/mol. The number of amides is 1. The van der Waals surface area contributed by atoms with Gasteiger partial charge in [0.15, 0.2) is 11.9 Å². The van der Waals surface area contributed by atoms with E-state index in [9.17, 15) is 18.8 Å². The van der Waals surface area contributed by atoms with E-state index in [1.807, 2.05) is 44.2 Å². The van der Waals surface area contributed by atoms with Crippen LogP contribution in [-0.4, -0.2) is 20.7 Å².